The molecule has 9 nitrogen and oxygen atoms in total. The number of benzene rings is 1. The molecule has 3 heterocycles. The van der Waals surface area contributed by atoms with Crippen LogP contribution in [0.25, 0.3) is 17.0 Å². The van der Waals surface area contributed by atoms with E-state index in [1.165, 1.54) is 0 Å². The van der Waals surface area contributed by atoms with E-state index in [9.17, 15) is 9.59 Å². The SMILES string of the molecule is COCCNC(=O)c1ccc2nc(C)c(-c3csc(C4(c5ccc(C(=O)NO)cc5)CCCC4)n3)n2c1. The van der Waals surface area contributed by atoms with Gasteiger partial charge in [0.05, 0.1) is 23.6 Å². The fraction of sp³-hybridized carbons (Fsp3) is 0.333. The van der Waals surface area contributed by atoms with Crippen molar-refractivity contribution in [3.63, 3.8) is 0 Å². The first-order chi connectivity index (χ1) is 18.0. The zero-order valence-corrected chi connectivity index (χ0v) is 21.6. The molecule has 1 aliphatic carbocycles. The van der Waals surface area contributed by atoms with E-state index in [0.717, 1.165) is 59.0 Å². The molecule has 4 aromatic rings. The Bertz CT molecular complexity index is 1440. The van der Waals surface area contributed by atoms with Crippen molar-refractivity contribution in [1.82, 2.24) is 25.2 Å². The minimum atomic E-state index is -0.529. The van der Waals surface area contributed by atoms with Gasteiger partial charge in [0.25, 0.3) is 11.8 Å². The van der Waals surface area contributed by atoms with Crippen molar-refractivity contribution in [2.75, 3.05) is 20.3 Å². The van der Waals surface area contributed by atoms with Gasteiger partial charge in [-0.2, -0.15) is 0 Å². The lowest BCUT2D eigenvalue weighted by molar-refractivity contribution is 0.0706. The van der Waals surface area contributed by atoms with Crippen LogP contribution in [-0.2, 0) is 10.2 Å². The second-order valence-electron chi connectivity index (χ2n) is 9.29. The summed E-state index contributed by atoms with van der Waals surface area (Å²) in [4.78, 5) is 34.2. The van der Waals surface area contributed by atoms with Crippen LogP contribution in [0.15, 0.2) is 48.0 Å². The highest BCUT2D eigenvalue weighted by Gasteiger charge is 2.40. The van der Waals surface area contributed by atoms with E-state index < -0.39 is 5.91 Å². The van der Waals surface area contributed by atoms with E-state index in [0.29, 0.717) is 24.3 Å². The van der Waals surface area contributed by atoms with Gasteiger partial charge in [-0.1, -0.05) is 25.0 Å². The van der Waals surface area contributed by atoms with Crippen LogP contribution in [0.2, 0.25) is 0 Å². The third-order valence-electron chi connectivity index (χ3n) is 7.06. The highest BCUT2D eigenvalue weighted by Crippen LogP contribution is 2.48. The normalized spacial score (nSPS) is 14.7. The van der Waals surface area contributed by atoms with E-state index in [-0.39, 0.29) is 11.3 Å². The van der Waals surface area contributed by atoms with Gasteiger partial charge < -0.3 is 10.1 Å². The quantitative estimate of drug-likeness (QED) is 0.183. The van der Waals surface area contributed by atoms with Crippen molar-refractivity contribution >= 4 is 28.8 Å². The maximum absolute atomic E-state index is 12.6. The molecule has 0 aliphatic heterocycles. The molecule has 192 valence electrons. The van der Waals surface area contributed by atoms with Gasteiger partial charge in [-0.15, -0.1) is 11.3 Å². The molecule has 1 fully saturated rings. The Morgan fingerprint density at radius 3 is 2.51 bits per heavy atom. The number of methoxy groups -OCH3 is 1. The average molecular weight is 520 g/mol. The Hall–Kier alpha value is -3.60. The van der Waals surface area contributed by atoms with Gasteiger partial charge in [-0.05, 0) is 49.6 Å². The molecule has 1 aliphatic rings. The van der Waals surface area contributed by atoms with E-state index >= 15 is 0 Å². The summed E-state index contributed by atoms with van der Waals surface area (Å²) in [7, 11) is 1.60. The summed E-state index contributed by atoms with van der Waals surface area (Å²) in [6.07, 6.45) is 5.96. The summed E-state index contributed by atoms with van der Waals surface area (Å²) >= 11 is 1.63. The Morgan fingerprint density at radius 2 is 1.81 bits per heavy atom. The number of aryl methyl sites for hydroxylation is 1. The monoisotopic (exact) mass is 519 g/mol. The van der Waals surface area contributed by atoms with Gasteiger partial charge in [-0.25, -0.2) is 15.4 Å². The van der Waals surface area contributed by atoms with Crippen LogP contribution in [0.3, 0.4) is 0 Å². The Balaban J connectivity index is 1.51. The first-order valence-corrected chi connectivity index (χ1v) is 13.1. The zero-order valence-electron chi connectivity index (χ0n) is 20.8. The standard InChI is InChI=1S/C27H29N5O4S/c1-17-23(32-15-19(7-10-22(32)29-17)24(33)28-13-14-36-2)21-16-37-26(30-21)27(11-3-4-12-27)20-8-5-18(6-9-20)25(34)31-35/h5-10,15-16,35H,3-4,11-14H2,1-2H3,(H,28,33)(H,31,34). The molecule has 0 atom stereocenters. The number of hydrogen-bond donors (Lipinski definition) is 3. The molecule has 1 aromatic carbocycles. The summed E-state index contributed by atoms with van der Waals surface area (Å²) < 4.78 is 6.95. The van der Waals surface area contributed by atoms with E-state index in [1.54, 1.807) is 42.1 Å². The molecule has 0 saturated heterocycles. The Kier molecular flexibility index (Phi) is 7.05. The number of amides is 2. The van der Waals surface area contributed by atoms with E-state index in [2.05, 4.69) is 10.7 Å². The Morgan fingerprint density at radius 1 is 1.08 bits per heavy atom. The molecule has 3 aromatic heterocycles. The molecule has 0 bridgehead atoms. The first-order valence-electron chi connectivity index (χ1n) is 12.2. The number of pyridine rings is 1. The van der Waals surface area contributed by atoms with Crippen LogP contribution in [-0.4, -0.2) is 51.7 Å². The predicted octanol–water partition coefficient (Wildman–Crippen LogP) is 4.12. The average Bonchev–Trinajstić information content (AvgIpc) is 3.66. The van der Waals surface area contributed by atoms with Crippen molar-refractivity contribution in [3.05, 3.63) is 75.4 Å². The van der Waals surface area contributed by atoms with Crippen LogP contribution in [0, 0.1) is 6.92 Å². The molecule has 0 spiro atoms. The highest BCUT2D eigenvalue weighted by molar-refractivity contribution is 7.10. The number of hydroxylamine groups is 1. The molecule has 2 amide bonds. The van der Waals surface area contributed by atoms with Crippen LogP contribution in [0.1, 0.15) is 62.7 Å². The lowest BCUT2D eigenvalue weighted by Crippen LogP contribution is -2.27. The number of fused-ring (bicyclic) bond motifs is 1. The van der Waals surface area contributed by atoms with E-state index in [4.69, 9.17) is 19.9 Å². The third kappa shape index (κ3) is 4.63. The number of carbonyl (C=O) groups is 2. The molecule has 0 unspecified atom stereocenters. The van der Waals surface area contributed by atoms with Gasteiger partial charge in [0.15, 0.2) is 0 Å². The molecule has 0 radical (unpaired) electrons. The van der Waals surface area contributed by atoms with Gasteiger partial charge in [-0.3, -0.25) is 19.2 Å². The minimum absolute atomic E-state index is 0.168. The number of rotatable bonds is 8. The predicted molar refractivity (Wildman–Crippen MR) is 140 cm³/mol. The van der Waals surface area contributed by atoms with Gasteiger partial charge in [0.2, 0.25) is 0 Å². The van der Waals surface area contributed by atoms with Crippen LogP contribution in [0.5, 0.6) is 0 Å². The minimum Gasteiger partial charge on any atom is -0.383 e. The van der Waals surface area contributed by atoms with Crippen molar-refractivity contribution in [2.24, 2.45) is 0 Å². The van der Waals surface area contributed by atoms with Crippen molar-refractivity contribution in [2.45, 2.75) is 38.0 Å². The Labute approximate surface area is 218 Å². The largest absolute Gasteiger partial charge is 0.383 e. The molecular formula is C27H29N5O4S. The highest BCUT2D eigenvalue weighted by atomic mass is 32.1. The number of hydrogen-bond acceptors (Lipinski definition) is 7. The first kappa shape index (κ1) is 25.1. The maximum atomic E-state index is 12.6. The molecule has 5 rings (SSSR count). The molecular weight excluding hydrogens is 490 g/mol. The van der Waals surface area contributed by atoms with E-state index in [1.807, 2.05) is 35.7 Å². The van der Waals surface area contributed by atoms with Crippen molar-refractivity contribution in [3.8, 4) is 11.4 Å². The summed E-state index contributed by atoms with van der Waals surface area (Å²) in [5, 5.41) is 14.9. The number of nitrogens with zero attached hydrogens (tertiary/aromatic N) is 3. The summed E-state index contributed by atoms with van der Waals surface area (Å²) in [6, 6.07) is 11.0. The molecule has 10 heteroatoms. The lowest BCUT2D eigenvalue weighted by atomic mass is 9.79. The zero-order chi connectivity index (χ0) is 26.0. The fourth-order valence-electron chi connectivity index (χ4n) is 5.19. The summed E-state index contributed by atoms with van der Waals surface area (Å²) in [6.45, 7) is 2.84. The lowest BCUT2D eigenvalue weighted by Gasteiger charge is -2.27. The second-order valence-corrected chi connectivity index (χ2v) is 10.1. The summed E-state index contributed by atoms with van der Waals surface area (Å²) in [5.41, 5.74) is 6.81. The van der Waals surface area contributed by atoms with Crippen molar-refractivity contribution < 1.29 is 19.5 Å². The fourth-order valence-corrected chi connectivity index (χ4v) is 6.27. The smallest absolute Gasteiger partial charge is 0.274 e. The number of carbonyl (C=O) groups excluding carboxylic acids is 2. The topological polar surface area (TPSA) is 118 Å². The number of aromatic nitrogens is 3. The van der Waals surface area contributed by atoms with Gasteiger partial charge in [0, 0.05) is 36.2 Å². The van der Waals surface area contributed by atoms with Crippen LogP contribution >= 0.6 is 11.3 Å². The van der Waals surface area contributed by atoms with Crippen molar-refractivity contribution in [1.29, 1.82) is 0 Å². The summed E-state index contributed by atoms with van der Waals surface area (Å²) in [5.74, 6) is -0.697. The van der Waals surface area contributed by atoms with Crippen LogP contribution in [0.4, 0.5) is 0 Å². The molecule has 37 heavy (non-hydrogen) atoms. The maximum Gasteiger partial charge on any atom is 0.274 e. The number of ether oxygens (including phenoxy) is 1. The third-order valence-corrected chi connectivity index (χ3v) is 8.11. The second kappa shape index (κ2) is 10.4. The number of imidazole rings is 1. The van der Waals surface area contributed by atoms with Gasteiger partial charge in [0.1, 0.15) is 16.3 Å². The van der Waals surface area contributed by atoms with Crippen LogP contribution < -0.4 is 10.8 Å². The molecule has 1 saturated carbocycles. The molecule has 3 N–H and O–H groups in total. The number of thiazole rings is 1. The number of nitrogens with one attached hydrogen (secondary N) is 2. The van der Waals surface area contributed by atoms with Gasteiger partial charge >= 0.3 is 0 Å².